The van der Waals surface area contributed by atoms with E-state index >= 15 is 0 Å². The summed E-state index contributed by atoms with van der Waals surface area (Å²) in [6.07, 6.45) is 0. The summed E-state index contributed by atoms with van der Waals surface area (Å²) in [4.78, 5) is 28.5. The van der Waals surface area contributed by atoms with Gasteiger partial charge in [-0.3, -0.25) is 9.59 Å². The highest BCUT2D eigenvalue weighted by Crippen LogP contribution is 2.63. The summed E-state index contributed by atoms with van der Waals surface area (Å²) in [7, 11) is 0. The van der Waals surface area contributed by atoms with Crippen molar-refractivity contribution in [3.05, 3.63) is 213 Å². The Balaban J connectivity index is 1.05. The Morgan fingerprint density at radius 3 is 1.49 bits per heavy atom. The molecule has 0 fully saturated rings. The Morgan fingerprint density at radius 1 is 0.345 bits per heavy atom. The van der Waals surface area contributed by atoms with E-state index in [-0.39, 0.29) is 21.8 Å². The summed E-state index contributed by atoms with van der Waals surface area (Å²) < 4.78 is 12.7. The molecule has 2 aliphatic carbocycles. The van der Waals surface area contributed by atoms with Gasteiger partial charge in [0.1, 0.15) is 22.1 Å². The van der Waals surface area contributed by atoms with Crippen molar-refractivity contribution in [1.29, 1.82) is 0 Å². The Hall–Kier alpha value is -7.30. The molecule has 0 radical (unpaired) electrons. The zero-order valence-corrected chi connectivity index (χ0v) is 29.3. The summed E-state index contributed by atoms with van der Waals surface area (Å²) in [5.74, 6) is 0. The van der Waals surface area contributed by atoms with Gasteiger partial charge in [-0.2, -0.15) is 0 Å². The van der Waals surface area contributed by atoms with Gasteiger partial charge in [0.05, 0.1) is 21.6 Å². The molecule has 0 unspecified atom stereocenters. The molecule has 55 heavy (non-hydrogen) atoms. The highest BCUT2D eigenvalue weighted by molar-refractivity contribution is 6.08. The van der Waals surface area contributed by atoms with Crippen LogP contribution in [0, 0.1) is 0 Å². The van der Waals surface area contributed by atoms with Crippen molar-refractivity contribution < 1.29 is 8.83 Å². The summed E-state index contributed by atoms with van der Waals surface area (Å²) >= 11 is 0. The van der Waals surface area contributed by atoms with Crippen LogP contribution in [0.5, 0.6) is 0 Å². The van der Waals surface area contributed by atoms with Crippen LogP contribution in [0.15, 0.2) is 188 Å². The van der Waals surface area contributed by atoms with E-state index in [1.165, 1.54) is 44.5 Å². The minimum Gasteiger partial charge on any atom is -0.456 e. The molecule has 1 spiro atoms. The molecule has 0 N–H and O–H groups in total. The van der Waals surface area contributed by atoms with Crippen LogP contribution in [0.3, 0.4) is 0 Å². The zero-order valence-electron chi connectivity index (χ0n) is 29.3. The van der Waals surface area contributed by atoms with Gasteiger partial charge in [0.15, 0.2) is 5.58 Å². The van der Waals surface area contributed by atoms with Crippen LogP contribution < -0.4 is 10.9 Å². The van der Waals surface area contributed by atoms with Crippen LogP contribution in [-0.2, 0) is 5.41 Å². The van der Waals surface area contributed by atoms with E-state index in [1.54, 1.807) is 12.1 Å². The quantitative estimate of drug-likeness (QED) is 0.133. The van der Waals surface area contributed by atoms with Gasteiger partial charge >= 0.3 is 0 Å². The molecule has 4 heteroatoms. The first kappa shape index (κ1) is 30.2. The molecule has 2 heterocycles. The van der Waals surface area contributed by atoms with Gasteiger partial charge in [-0.15, -0.1) is 0 Å². The van der Waals surface area contributed by atoms with Crippen molar-refractivity contribution in [2.75, 3.05) is 0 Å². The number of hydrogen-bond donors (Lipinski definition) is 0. The van der Waals surface area contributed by atoms with Crippen LogP contribution in [0.2, 0.25) is 0 Å². The average molecular weight is 705 g/mol. The molecule has 8 aromatic carbocycles. The molecule has 12 rings (SSSR count). The smallest absolute Gasteiger partial charge is 0.204 e. The lowest BCUT2D eigenvalue weighted by atomic mass is 9.70. The van der Waals surface area contributed by atoms with E-state index in [9.17, 15) is 9.59 Å². The second-order valence-corrected chi connectivity index (χ2v) is 14.6. The maximum absolute atomic E-state index is 14.4. The molecule has 0 aliphatic heterocycles. The molecular formula is C51H28O4. The fourth-order valence-electron chi connectivity index (χ4n) is 9.51. The molecule has 0 atom stereocenters. The van der Waals surface area contributed by atoms with E-state index in [0.29, 0.717) is 32.9 Å². The van der Waals surface area contributed by atoms with Crippen molar-refractivity contribution in [3.8, 4) is 44.5 Å². The first-order valence-electron chi connectivity index (χ1n) is 18.5. The van der Waals surface area contributed by atoms with Gasteiger partial charge in [-0.25, -0.2) is 0 Å². The Labute approximate surface area is 314 Å². The Kier molecular flexibility index (Phi) is 5.97. The lowest BCUT2D eigenvalue weighted by Crippen LogP contribution is -2.25. The van der Waals surface area contributed by atoms with Crippen LogP contribution in [0.4, 0.5) is 0 Å². The monoisotopic (exact) mass is 704 g/mol. The van der Waals surface area contributed by atoms with E-state index in [0.717, 1.165) is 22.3 Å². The number of hydrogen-bond acceptors (Lipinski definition) is 4. The van der Waals surface area contributed by atoms with Gasteiger partial charge in [0, 0.05) is 0 Å². The fraction of sp³-hybridized carbons (Fsp3) is 0.0196. The molecule has 2 aliphatic rings. The highest BCUT2D eigenvalue weighted by Gasteiger charge is 2.51. The first-order valence-corrected chi connectivity index (χ1v) is 18.5. The number of benzene rings is 8. The standard InChI is InChI=1S/C51H28O4/c52-48-37-22-25-46-47(49(53)39-26-30(19-23-44(39)54-46)29-10-2-1-3-11-29)50(37)55-45-24-20-31(27-38(45)48)32-18-21-36-35-14-6-9-17-42(35)51(43(36)28-32)40-15-7-4-12-33(40)34-13-5-8-16-41(34)51/h1-28H. The van der Waals surface area contributed by atoms with Crippen molar-refractivity contribution in [3.63, 3.8) is 0 Å². The van der Waals surface area contributed by atoms with Gasteiger partial charge in [-0.05, 0) is 109 Å². The first-order chi connectivity index (χ1) is 27.1. The largest absolute Gasteiger partial charge is 0.456 e. The lowest BCUT2D eigenvalue weighted by Gasteiger charge is -2.30. The maximum Gasteiger partial charge on any atom is 0.204 e. The SMILES string of the molecule is O=c1c2cc(-c3ccc4c(c3)C3(c5ccccc5-c5ccccc53)c3ccccc3-4)ccc2oc2c1ccc1oc3ccc(-c4ccccc4)cc3c(=O)c12. The van der Waals surface area contributed by atoms with Crippen LogP contribution >= 0.6 is 0 Å². The predicted octanol–water partition coefficient (Wildman–Crippen LogP) is 11.9. The van der Waals surface area contributed by atoms with Gasteiger partial charge in [0.2, 0.25) is 10.9 Å². The van der Waals surface area contributed by atoms with Crippen molar-refractivity contribution in [1.82, 2.24) is 0 Å². The summed E-state index contributed by atoms with van der Waals surface area (Å²) in [5, 5.41) is 1.49. The maximum atomic E-state index is 14.4. The highest BCUT2D eigenvalue weighted by atomic mass is 16.3. The van der Waals surface area contributed by atoms with E-state index < -0.39 is 5.41 Å². The third-order valence-corrected chi connectivity index (χ3v) is 11.9. The van der Waals surface area contributed by atoms with Gasteiger partial charge < -0.3 is 8.83 Å². The minimum atomic E-state index is -0.463. The van der Waals surface area contributed by atoms with E-state index in [1.807, 2.05) is 66.7 Å². The molecule has 0 amide bonds. The van der Waals surface area contributed by atoms with Crippen LogP contribution in [0.25, 0.3) is 88.4 Å². The number of rotatable bonds is 2. The second-order valence-electron chi connectivity index (χ2n) is 14.6. The summed E-state index contributed by atoms with van der Waals surface area (Å²) in [6.45, 7) is 0. The van der Waals surface area contributed by atoms with Crippen LogP contribution in [0.1, 0.15) is 22.3 Å². The predicted molar refractivity (Wildman–Crippen MR) is 221 cm³/mol. The fourth-order valence-corrected chi connectivity index (χ4v) is 9.51. The topological polar surface area (TPSA) is 60.4 Å². The Bertz CT molecular complexity index is 3360. The molecule has 0 saturated heterocycles. The third-order valence-electron chi connectivity index (χ3n) is 11.9. The van der Waals surface area contributed by atoms with Crippen molar-refractivity contribution in [2.45, 2.75) is 5.41 Å². The van der Waals surface area contributed by atoms with Crippen molar-refractivity contribution >= 4 is 43.9 Å². The molecule has 4 nitrogen and oxygen atoms in total. The molecule has 256 valence electrons. The minimum absolute atomic E-state index is 0.193. The molecule has 10 aromatic rings. The molecule has 0 bridgehead atoms. The summed E-state index contributed by atoms with van der Waals surface area (Å²) in [6, 6.07) is 57.7. The number of fused-ring (bicyclic) bond motifs is 15. The van der Waals surface area contributed by atoms with Crippen molar-refractivity contribution in [2.24, 2.45) is 0 Å². The molecule has 2 aromatic heterocycles. The van der Waals surface area contributed by atoms with Crippen LogP contribution in [-0.4, -0.2) is 0 Å². The molecular weight excluding hydrogens is 677 g/mol. The zero-order chi connectivity index (χ0) is 36.4. The molecule has 0 saturated carbocycles. The summed E-state index contributed by atoms with van der Waals surface area (Å²) in [5.41, 5.74) is 14.5. The third kappa shape index (κ3) is 3.95. The second kappa shape index (κ2) is 10.9. The van der Waals surface area contributed by atoms with E-state index in [2.05, 4.69) is 91.0 Å². The Morgan fingerprint density at radius 2 is 0.836 bits per heavy atom. The van der Waals surface area contributed by atoms with Gasteiger partial charge in [0.25, 0.3) is 0 Å². The van der Waals surface area contributed by atoms with Gasteiger partial charge in [-0.1, -0.05) is 127 Å². The average Bonchev–Trinajstić information content (AvgIpc) is 3.71. The normalized spacial score (nSPS) is 13.4. The van der Waals surface area contributed by atoms with E-state index in [4.69, 9.17) is 8.83 Å². The lowest BCUT2D eigenvalue weighted by molar-refractivity contribution is 0.649.